The van der Waals surface area contributed by atoms with E-state index in [2.05, 4.69) is 11.4 Å². The van der Waals surface area contributed by atoms with Crippen molar-refractivity contribution in [3.63, 3.8) is 0 Å². The number of fused-ring (bicyclic) bond motifs is 2. The molecule has 5 heteroatoms. The third kappa shape index (κ3) is 2.21. The van der Waals surface area contributed by atoms with Gasteiger partial charge in [0, 0.05) is 18.3 Å². The molecule has 1 aliphatic heterocycles. The summed E-state index contributed by atoms with van der Waals surface area (Å²) >= 11 is 0. The summed E-state index contributed by atoms with van der Waals surface area (Å²) in [6, 6.07) is 10.6. The molecule has 24 heavy (non-hydrogen) atoms. The van der Waals surface area contributed by atoms with Crippen molar-refractivity contribution in [2.75, 3.05) is 12.4 Å². The fourth-order valence-electron chi connectivity index (χ4n) is 3.36. The number of hydrogen-bond acceptors (Lipinski definition) is 3. The normalized spacial score (nSPS) is 15.5. The zero-order valence-corrected chi connectivity index (χ0v) is 13.3. The Labute approximate surface area is 139 Å². The highest BCUT2D eigenvalue weighted by Gasteiger charge is 2.33. The molecule has 1 aliphatic carbocycles. The molecule has 2 aromatic rings. The van der Waals surface area contributed by atoms with Crippen molar-refractivity contribution in [2.24, 2.45) is 0 Å². The van der Waals surface area contributed by atoms with E-state index in [9.17, 15) is 14.4 Å². The van der Waals surface area contributed by atoms with Crippen LogP contribution in [-0.2, 0) is 12.8 Å². The molecular weight excluding hydrogens is 304 g/mol. The molecule has 0 atom stereocenters. The van der Waals surface area contributed by atoms with E-state index in [1.54, 1.807) is 6.07 Å². The number of carbonyl (C=O) groups is 3. The molecule has 1 N–H and O–H groups in total. The Morgan fingerprint density at radius 2 is 1.71 bits per heavy atom. The molecule has 1 heterocycles. The Morgan fingerprint density at radius 1 is 0.958 bits per heavy atom. The van der Waals surface area contributed by atoms with Crippen LogP contribution in [0.15, 0.2) is 36.4 Å². The van der Waals surface area contributed by atoms with Gasteiger partial charge in [-0.05, 0) is 60.7 Å². The van der Waals surface area contributed by atoms with Gasteiger partial charge in [0.15, 0.2) is 0 Å². The summed E-state index contributed by atoms with van der Waals surface area (Å²) in [6.45, 7) is 0. The molecule has 2 aliphatic rings. The number of hydrogen-bond donors (Lipinski definition) is 1. The Morgan fingerprint density at radius 3 is 2.54 bits per heavy atom. The van der Waals surface area contributed by atoms with Gasteiger partial charge in [-0.2, -0.15) is 0 Å². The lowest BCUT2D eigenvalue weighted by atomic mass is 10.0. The van der Waals surface area contributed by atoms with Crippen LogP contribution in [0.2, 0.25) is 0 Å². The lowest BCUT2D eigenvalue weighted by molar-refractivity contribution is 0.0693. The monoisotopic (exact) mass is 320 g/mol. The molecule has 120 valence electrons. The van der Waals surface area contributed by atoms with Crippen molar-refractivity contribution in [1.82, 2.24) is 4.90 Å². The molecular formula is C19H16N2O3. The molecule has 0 saturated heterocycles. The van der Waals surface area contributed by atoms with Crippen LogP contribution in [0, 0.1) is 0 Å². The van der Waals surface area contributed by atoms with E-state index >= 15 is 0 Å². The molecule has 0 spiro atoms. The molecule has 0 fully saturated rings. The first-order chi connectivity index (χ1) is 11.5. The van der Waals surface area contributed by atoms with Crippen LogP contribution in [0.5, 0.6) is 0 Å². The summed E-state index contributed by atoms with van der Waals surface area (Å²) in [4.78, 5) is 37.5. The number of nitrogens with zero attached hydrogens (tertiary/aromatic N) is 1. The SMILES string of the molecule is CN1C(=O)c2ccc(C(=O)Nc3ccc4c(c3)CCC4)cc2C1=O. The highest BCUT2D eigenvalue weighted by atomic mass is 16.2. The second-order valence-electron chi connectivity index (χ2n) is 6.22. The summed E-state index contributed by atoms with van der Waals surface area (Å²) in [5.74, 6) is -0.992. The van der Waals surface area contributed by atoms with E-state index in [0.717, 1.165) is 29.8 Å². The minimum Gasteiger partial charge on any atom is -0.322 e. The second kappa shape index (κ2) is 5.30. The van der Waals surface area contributed by atoms with E-state index in [4.69, 9.17) is 0 Å². The summed E-state index contributed by atoms with van der Waals surface area (Å²) in [5, 5.41) is 2.87. The zero-order chi connectivity index (χ0) is 16.8. The van der Waals surface area contributed by atoms with Crippen LogP contribution in [-0.4, -0.2) is 29.7 Å². The number of anilines is 1. The molecule has 0 bridgehead atoms. The van der Waals surface area contributed by atoms with E-state index in [1.165, 1.54) is 30.3 Å². The Bertz CT molecular complexity index is 901. The van der Waals surface area contributed by atoms with Crippen molar-refractivity contribution in [1.29, 1.82) is 0 Å². The van der Waals surface area contributed by atoms with Crippen molar-refractivity contribution in [3.05, 3.63) is 64.2 Å². The highest BCUT2D eigenvalue weighted by Crippen LogP contribution is 2.26. The van der Waals surface area contributed by atoms with Crippen LogP contribution in [0.1, 0.15) is 48.6 Å². The minimum atomic E-state index is -0.373. The van der Waals surface area contributed by atoms with Gasteiger partial charge in [-0.1, -0.05) is 6.07 Å². The molecule has 4 rings (SSSR count). The zero-order valence-electron chi connectivity index (χ0n) is 13.3. The summed E-state index contributed by atoms with van der Waals surface area (Å²) in [6.07, 6.45) is 3.29. The maximum atomic E-state index is 12.5. The van der Waals surface area contributed by atoms with Gasteiger partial charge in [0.05, 0.1) is 11.1 Å². The van der Waals surface area contributed by atoms with E-state index in [1.807, 2.05) is 12.1 Å². The number of carbonyl (C=O) groups excluding carboxylic acids is 3. The molecule has 0 radical (unpaired) electrons. The van der Waals surface area contributed by atoms with E-state index in [0.29, 0.717) is 11.1 Å². The van der Waals surface area contributed by atoms with Crippen LogP contribution in [0.4, 0.5) is 5.69 Å². The number of nitrogens with one attached hydrogen (secondary N) is 1. The molecule has 0 aromatic heterocycles. The summed E-state index contributed by atoms with van der Waals surface area (Å²) in [5.41, 5.74) is 4.37. The first-order valence-corrected chi connectivity index (χ1v) is 7.94. The number of aryl methyl sites for hydroxylation is 2. The Balaban J connectivity index is 1.60. The van der Waals surface area contributed by atoms with Crippen LogP contribution in [0.3, 0.4) is 0 Å². The Kier molecular flexibility index (Phi) is 3.23. The second-order valence-corrected chi connectivity index (χ2v) is 6.22. The molecule has 0 unspecified atom stereocenters. The summed E-state index contributed by atoms with van der Waals surface area (Å²) < 4.78 is 0. The van der Waals surface area contributed by atoms with Gasteiger partial charge in [0.25, 0.3) is 17.7 Å². The number of imide groups is 1. The fraction of sp³-hybridized carbons (Fsp3) is 0.211. The Hall–Kier alpha value is -2.95. The van der Waals surface area contributed by atoms with E-state index in [-0.39, 0.29) is 23.3 Å². The number of benzene rings is 2. The maximum absolute atomic E-state index is 12.5. The van der Waals surface area contributed by atoms with Crippen molar-refractivity contribution in [2.45, 2.75) is 19.3 Å². The lowest BCUT2D eigenvalue weighted by Gasteiger charge is -2.08. The smallest absolute Gasteiger partial charge is 0.261 e. The number of rotatable bonds is 2. The first kappa shape index (κ1) is 14.6. The molecule has 2 aromatic carbocycles. The van der Waals surface area contributed by atoms with Crippen molar-refractivity contribution >= 4 is 23.4 Å². The van der Waals surface area contributed by atoms with Crippen molar-refractivity contribution in [3.8, 4) is 0 Å². The van der Waals surface area contributed by atoms with Crippen molar-refractivity contribution < 1.29 is 14.4 Å². The average Bonchev–Trinajstić information content (AvgIpc) is 3.14. The number of amides is 3. The third-order valence-electron chi connectivity index (χ3n) is 4.71. The quantitative estimate of drug-likeness (QED) is 0.865. The minimum absolute atomic E-state index is 0.282. The molecule has 3 amide bonds. The largest absolute Gasteiger partial charge is 0.322 e. The van der Waals surface area contributed by atoms with Gasteiger partial charge in [0.1, 0.15) is 0 Å². The fourth-order valence-corrected chi connectivity index (χ4v) is 3.36. The predicted octanol–water partition coefficient (Wildman–Crippen LogP) is 2.65. The third-order valence-corrected chi connectivity index (χ3v) is 4.71. The van der Waals surface area contributed by atoms with Gasteiger partial charge in [-0.15, -0.1) is 0 Å². The highest BCUT2D eigenvalue weighted by molar-refractivity contribution is 6.22. The average molecular weight is 320 g/mol. The molecule has 0 saturated carbocycles. The van der Waals surface area contributed by atoms with E-state index < -0.39 is 0 Å². The topological polar surface area (TPSA) is 66.5 Å². The predicted molar refractivity (Wildman–Crippen MR) is 89.3 cm³/mol. The van der Waals surface area contributed by atoms with Crippen LogP contribution >= 0.6 is 0 Å². The molecule has 5 nitrogen and oxygen atoms in total. The van der Waals surface area contributed by atoms with Gasteiger partial charge < -0.3 is 5.32 Å². The van der Waals surface area contributed by atoms with Crippen LogP contribution in [0.25, 0.3) is 0 Å². The standard InChI is InChI=1S/C19H16N2O3/c1-21-18(23)15-8-6-13(10-16(15)19(21)24)17(22)20-14-7-5-11-3-2-4-12(11)9-14/h5-10H,2-4H2,1H3,(H,20,22). The maximum Gasteiger partial charge on any atom is 0.261 e. The lowest BCUT2D eigenvalue weighted by Crippen LogP contribution is -2.24. The van der Waals surface area contributed by atoms with Gasteiger partial charge >= 0.3 is 0 Å². The summed E-state index contributed by atoms with van der Waals surface area (Å²) in [7, 11) is 1.44. The van der Waals surface area contributed by atoms with Gasteiger partial charge in [0.2, 0.25) is 0 Å². The van der Waals surface area contributed by atoms with Gasteiger partial charge in [-0.25, -0.2) is 0 Å². The van der Waals surface area contributed by atoms with Crippen LogP contribution < -0.4 is 5.32 Å². The van der Waals surface area contributed by atoms with Gasteiger partial charge in [-0.3, -0.25) is 19.3 Å². The first-order valence-electron chi connectivity index (χ1n) is 7.94.